The van der Waals surface area contributed by atoms with Crippen molar-refractivity contribution in [3.63, 3.8) is 0 Å². The van der Waals surface area contributed by atoms with Crippen molar-refractivity contribution in [3.05, 3.63) is 65.7 Å². The van der Waals surface area contributed by atoms with Crippen molar-refractivity contribution in [2.24, 2.45) is 0 Å². The topological polar surface area (TPSA) is 59.0 Å². The molecule has 1 heterocycles. The van der Waals surface area contributed by atoms with Crippen molar-refractivity contribution in [2.45, 2.75) is 38.4 Å². The maximum absolute atomic E-state index is 13.3. The Labute approximate surface area is 157 Å². The summed E-state index contributed by atoms with van der Waals surface area (Å²) in [7, 11) is 0. The number of amides is 1. The number of imidazole rings is 1. The van der Waals surface area contributed by atoms with Crippen LogP contribution in [0, 0.1) is 12.7 Å². The number of aryl methyl sites for hydroxylation is 1. The molecule has 1 aliphatic carbocycles. The van der Waals surface area contributed by atoms with Crippen molar-refractivity contribution in [3.8, 4) is 0 Å². The molecule has 5 nitrogen and oxygen atoms in total. The Kier molecular flexibility index (Phi) is 4.90. The molecule has 1 aromatic heterocycles. The van der Waals surface area contributed by atoms with E-state index in [0.717, 1.165) is 35.3 Å². The molecule has 27 heavy (non-hydrogen) atoms. The maximum Gasteiger partial charge on any atom is 0.241 e. The first-order chi connectivity index (χ1) is 13.1. The molecule has 1 aliphatic rings. The molecule has 0 unspecified atom stereocenters. The van der Waals surface area contributed by atoms with E-state index in [-0.39, 0.29) is 17.8 Å². The van der Waals surface area contributed by atoms with Gasteiger partial charge >= 0.3 is 0 Å². The van der Waals surface area contributed by atoms with E-state index in [0.29, 0.717) is 13.1 Å². The summed E-state index contributed by atoms with van der Waals surface area (Å²) >= 11 is 0. The van der Waals surface area contributed by atoms with Gasteiger partial charge in [0.05, 0.1) is 11.0 Å². The van der Waals surface area contributed by atoms with Gasteiger partial charge in [-0.25, -0.2) is 9.37 Å². The summed E-state index contributed by atoms with van der Waals surface area (Å²) < 4.78 is 15.4. The highest BCUT2D eigenvalue weighted by Gasteiger charge is 2.28. The summed E-state index contributed by atoms with van der Waals surface area (Å²) in [6.45, 7) is 3.28. The fourth-order valence-electron chi connectivity index (χ4n) is 3.33. The molecule has 1 saturated carbocycles. The summed E-state index contributed by atoms with van der Waals surface area (Å²) in [5.41, 5.74) is 2.82. The number of benzene rings is 2. The van der Waals surface area contributed by atoms with Gasteiger partial charge in [-0.1, -0.05) is 24.3 Å². The maximum atomic E-state index is 13.3. The minimum atomic E-state index is -0.499. The van der Waals surface area contributed by atoms with Crippen LogP contribution in [0.25, 0.3) is 11.0 Å². The third kappa shape index (κ3) is 4.01. The van der Waals surface area contributed by atoms with Gasteiger partial charge in [-0.2, -0.15) is 0 Å². The lowest BCUT2D eigenvalue weighted by molar-refractivity contribution is -0.123. The highest BCUT2D eigenvalue weighted by Crippen LogP contribution is 2.22. The largest absolute Gasteiger partial charge is 0.352 e. The van der Waals surface area contributed by atoms with E-state index in [9.17, 15) is 9.18 Å². The fourth-order valence-corrected chi connectivity index (χ4v) is 3.33. The predicted molar refractivity (Wildman–Crippen MR) is 103 cm³/mol. The van der Waals surface area contributed by atoms with Gasteiger partial charge in [-0.05, 0) is 49.6 Å². The average molecular weight is 366 g/mol. The van der Waals surface area contributed by atoms with Gasteiger partial charge < -0.3 is 15.2 Å². The number of rotatable bonds is 7. The molecule has 2 aromatic carbocycles. The molecular weight excluding hydrogens is 343 g/mol. The zero-order valence-electron chi connectivity index (χ0n) is 15.3. The number of carbonyl (C=O) groups excluding carboxylic acids is 1. The summed E-state index contributed by atoms with van der Waals surface area (Å²) in [5, 5.41) is 6.37. The summed E-state index contributed by atoms with van der Waals surface area (Å²) in [6, 6.07) is 13.9. The first kappa shape index (κ1) is 17.7. The number of aromatic nitrogens is 2. The number of fused-ring (bicyclic) bond motifs is 1. The predicted octanol–water partition coefficient (Wildman–Crippen LogP) is 3.09. The molecule has 3 aromatic rings. The highest BCUT2D eigenvalue weighted by atomic mass is 19.1. The van der Waals surface area contributed by atoms with Crippen LogP contribution in [-0.2, 0) is 11.3 Å². The second kappa shape index (κ2) is 7.48. The molecule has 2 N–H and O–H groups in total. The number of hydrogen-bond acceptors (Lipinski definition) is 3. The van der Waals surface area contributed by atoms with Gasteiger partial charge in [-0.3, -0.25) is 4.79 Å². The molecule has 0 bridgehead atoms. The minimum absolute atomic E-state index is 0.0590. The summed E-state index contributed by atoms with van der Waals surface area (Å²) in [5.74, 6) is 0.579. The van der Waals surface area contributed by atoms with Gasteiger partial charge in [0.1, 0.15) is 17.7 Å². The van der Waals surface area contributed by atoms with Crippen LogP contribution in [-0.4, -0.2) is 28.0 Å². The van der Waals surface area contributed by atoms with Crippen LogP contribution in [0.2, 0.25) is 0 Å². The Morgan fingerprint density at radius 3 is 2.70 bits per heavy atom. The van der Waals surface area contributed by atoms with Crippen molar-refractivity contribution in [2.75, 3.05) is 6.54 Å². The molecule has 0 radical (unpaired) electrons. The van der Waals surface area contributed by atoms with E-state index in [2.05, 4.69) is 20.2 Å². The van der Waals surface area contributed by atoms with E-state index in [1.54, 1.807) is 12.1 Å². The summed E-state index contributed by atoms with van der Waals surface area (Å²) in [4.78, 5) is 17.2. The van der Waals surface area contributed by atoms with E-state index >= 15 is 0 Å². The zero-order valence-corrected chi connectivity index (χ0v) is 15.3. The number of hydrogen-bond donors (Lipinski definition) is 2. The van der Waals surface area contributed by atoms with Crippen LogP contribution in [0.3, 0.4) is 0 Å². The molecule has 0 saturated heterocycles. The van der Waals surface area contributed by atoms with Crippen LogP contribution >= 0.6 is 0 Å². The van der Waals surface area contributed by atoms with Gasteiger partial charge in [-0.15, -0.1) is 0 Å². The lowest BCUT2D eigenvalue weighted by atomic mass is 10.1. The second-order valence-electron chi connectivity index (χ2n) is 7.02. The molecule has 0 aliphatic heterocycles. The number of para-hydroxylation sites is 2. The first-order valence-electron chi connectivity index (χ1n) is 9.33. The summed E-state index contributed by atoms with van der Waals surface area (Å²) in [6.07, 6.45) is 2.06. The lowest BCUT2D eigenvalue weighted by Crippen LogP contribution is -2.39. The monoisotopic (exact) mass is 366 g/mol. The quantitative estimate of drug-likeness (QED) is 0.676. The van der Waals surface area contributed by atoms with Crippen LogP contribution in [0.4, 0.5) is 4.39 Å². The Bertz CT molecular complexity index is 946. The van der Waals surface area contributed by atoms with Crippen molar-refractivity contribution in [1.82, 2.24) is 20.2 Å². The van der Waals surface area contributed by atoms with Gasteiger partial charge in [0.15, 0.2) is 0 Å². The molecule has 140 valence electrons. The second-order valence-corrected chi connectivity index (χ2v) is 7.02. The van der Waals surface area contributed by atoms with Gasteiger partial charge in [0.2, 0.25) is 5.91 Å². The highest BCUT2D eigenvalue weighted by molar-refractivity contribution is 5.83. The third-order valence-corrected chi connectivity index (χ3v) is 4.92. The Hall–Kier alpha value is -2.73. The van der Waals surface area contributed by atoms with Gasteiger partial charge in [0.25, 0.3) is 0 Å². The number of halogens is 1. The third-order valence-electron chi connectivity index (χ3n) is 4.92. The molecule has 6 heteroatoms. The zero-order chi connectivity index (χ0) is 18.8. The SMILES string of the molecule is Cc1nc2ccccc2n1CCN[C@@H](C(=O)NC1CC1)c1ccc(F)cc1. The molecule has 1 amide bonds. The molecule has 1 fully saturated rings. The van der Waals surface area contributed by atoms with Crippen LogP contribution < -0.4 is 10.6 Å². The Morgan fingerprint density at radius 1 is 1.22 bits per heavy atom. The standard InChI is InChI=1S/C21H23FN4O/c1-14-24-18-4-2-3-5-19(18)26(14)13-12-23-20(21(27)25-17-10-11-17)15-6-8-16(22)9-7-15/h2-9,17,20,23H,10-13H2,1H3,(H,25,27)/t20-/m1/s1. The van der Waals surface area contributed by atoms with Crippen LogP contribution in [0.15, 0.2) is 48.5 Å². The molecule has 0 spiro atoms. The Morgan fingerprint density at radius 2 is 1.96 bits per heavy atom. The van der Waals surface area contributed by atoms with E-state index in [1.807, 2.05) is 31.2 Å². The minimum Gasteiger partial charge on any atom is -0.352 e. The first-order valence-corrected chi connectivity index (χ1v) is 9.33. The fraction of sp³-hybridized carbons (Fsp3) is 0.333. The smallest absolute Gasteiger partial charge is 0.241 e. The number of carbonyl (C=O) groups is 1. The van der Waals surface area contributed by atoms with Crippen LogP contribution in [0.1, 0.15) is 30.3 Å². The van der Waals surface area contributed by atoms with Crippen molar-refractivity contribution in [1.29, 1.82) is 0 Å². The number of nitrogens with one attached hydrogen (secondary N) is 2. The number of nitrogens with zero attached hydrogens (tertiary/aromatic N) is 2. The van der Waals surface area contributed by atoms with Crippen LogP contribution in [0.5, 0.6) is 0 Å². The van der Waals surface area contributed by atoms with E-state index in [1.165, 1.54) is 12.1 Å². The van der Waals surface area contributed by atoms with E-state index in [4.69, 9.17) is 0 Å². The van der Waals surface area contributed by atoms with Crippen molar-refractivity contribution < 1.29 is 9.18 Å². The average Bonchev–Trinajstić information content (AvgIpc) is 3.41. The van der Waals surface area contributed by atoms with Gasteiger partial charge in [0, 0.05) is 19.1 Å². The molecule has 4 rings (SSSR count). The van der Waals surface area contributed by atoms with E-state index < -0.39 is 6.04 Å². The normalized spacial score (nSPS) is 15.0. The lowest BCUT2D eigenvalue weighted by Gasteiger charge is -2.19. The Balaban J connectivity index is 1.48. The molecule has 1 atom stereocenters. The van der Waals surface area contributed by atoms with Crippen molar-refractivity contribution >= 4 is 16.9 Å². The molecular formula is C21H23FN4O.